The van der Waals surface area contributed by atoms with Crippen molar-refractivity contribution in [2.75, 3.05) is 27.4 Å². The molecule has 0 saturated carbocycles. The first-order valence-corrected chi connectivity index (χ1v) is 7.96. The van der Waals surface area contributed by atoms with Crippen LogP contribution in [0.1, 0.15) is 24.0 Å². The standard InChI is InChI=1S/C19H24FNO3/c1-4-24-18-7-5-6-13(19(18)23-3)10-14(12-21)16-11-15(20)8-9-17(16)22-2/h5-9,11,14H,4,10,12,21H2,1-3H3. The van der Waals surface area contributed by atoms with Crippen molar-refractivity contribution in [3.63, 3.8) is 0 Å². The largest absolute Gasteiger partial charge is 0.496 e. The van der Waals surface area contributed by atoms with Crippen LogP contribution in [0.15, 0.2) is 36.4 Å². The van der Waals surface area contributed by atoms with Crippen molar-refractivity contribution in [2.45, 2.75) is 19.3 Å². The number of rotatable bonds is 8. The monoisotopic (exact) mass is 333 g/mol. The topological polar surface area (TPSA) is 53.7 Å². The molecule has 5 heteroatoms. The SMILES string of the molecule is CCOc1cccc(CC(CN)c2cc(F)ccc2OC)c1OC. The molecule has 2 aromatic carbocycles. The fourth-order valence-corrected chi connectivity index (χ4v) is 2.83. The Kier molecular flexibility index (Phi) is 6.44. The number of nitrogens with two attached hydrogens (primary N) is 1. The molecule has 1 unspecified atom stereocenters. The Morgan fingerprint density at radius 2 is 1.88 bits per heavy atom. The summed E-state index contributed by atoms with van der Waals surface area (Å²) in [7, 11) is 3.18. The van der Waals surface area contributed by atoms with Crippen molar-refractivity contribution in [3.05, 3.63) is 53.3 Å². The first kappa shape index (κ1) is 18.1. The maximum Gasteiger partial charge on any atom is 0.163 e. The second-order valence-corrected chi connectivity index (χ2v) is 5.40. The van der Waals surface area contributed by atoms with Gasteiger partial charge in [0.25, 0.3) is 0 Å². The molecular formula is C19H24FNO3. The molecule has 0 radical (unpaired) electrons. The molecule has 0 amide bonds. The molecule has 2 N–H and O–H groups in total. The maximum absolute atomic E-state index is 13.7. The van der Waals surface area contributed by atoms with Crippen molar-refractivity contribution in [1.82, 2.24) is 0 Å². The van der Waals surface area contributed by atoms with Crippen molar-refractivity contribution in [1.29, 1.82) is 0 Å². The summed E-state index contributed by atoms with van der Waals surface area (Å²) in [6, 6.07) is 10.2. The van der Waals surface area contributed by atoms with E-state index in [2.05, 4.69) is 0 Å². The number of hydrogen-bond acceptors (Lipinski definition) is 4. The van der Waals surface area contributed by atoms with Gasteiger partial charge in [0.05, 0.1) is 20.8 Å². The summed E-state index contributed by atoms with van der Waals surface area (Å²) in [5.41, 5.74) is 7.68. The Balaban J connectivity index is 2.38. The number of halogens is 1. The molecule has 2 aromatic rings. The third-order valence-electron chi connectivity index (χ3n) is 3.95. The van der Waals surface area contributed by atoms with Crippen LogP contribution in [-0.2, 0) is 6.42 Å². The van der Waals surface area contributed by atoms with E-state index in [9.17, 15) is 4.39 Å². The van der Waals surface area contributed by atoms with Gasteiger partial charge >= 0.3 is 0 Å². The van der Waals surface area contributed by atoms with Gasteiger partial charge in [0.2, 0.25) is 0 Å². The molecule has 0 heterocycles. The highest BCUT2D eigenvalue weighted by Gasteiger charge is 2.20. The van der Waals surface area contributed by atoms with Crippen LogP contribution in [0.4, 0.5) is 4.39 Å². The minimum Gasteiger partial charge on any atom is -0.496 e. The van der Waals surface area contributed by atoms with E-state index in [0.717, 1.165) is 11.1 Å². The van der Waals surface area contributed by atoms with Crippen LogP contribution in [0.5, 0.6) is 17.2 Å². The van der Waals surface area contributed by atoms with Gasteiger partial charge < -0.3 is 19.9 Å². The molecule has 0 aromatic heterocycles. The van der Waals surface area contributed by atoms with Crippen LogP contribution >= 0.6 is 0 Å². The molecule has 0 aliphatic heterocycles. The van der Waals surface area contributed by atoms with Gasteiger partial charge in [-0.1, -0.05) is 12.1 Å². The number of methoxy groups -OCH3 is 2. The summed E-state index contributed by atoms with van der Waals surface area (Å²) in [5, 5.41) is 0. The third kappa shape index (κ3) is 3.97. The van der Waals surface area contributed by atoms with Crippen molar-refractivity contribution in [3.8, 4) is 17.2 Å². The van der Waals surface area contributed by atoms with E-state index >= 15 is 0 Å². The van der Waals surface area contributed by atoms with Crippen molar-refractivity contribution < 1.29 is 18.6 Å². The molecule has 4 nitrogen and oxygen atoms in total. The van der Waals surface area contributed by atoms with E-state index < -0.39 is 0 Å². The van der Waals surface area contributed by atoms with Crippen LogP contribution in [0, 0.1) is 5.82 Å². The Morgan fingerprint density at radius 3 is 2.50 bits per heavy atom. The lowest BCUT2D eigenvalue weighted by atomic mass is 9.90. The Hall–Kier alpha value is -2.27. The van der Waals surface area contributed by atoms with Gasteiger partial charge in [0.1, 0.15) is 11.6 Å². The fourth-order valence-electron chi connectivity index (χ4n) is 2.83. The second-order valence-electron chi connectivity index (χ2n) is 5.40. The highest BCUT2D eigenvalue weighted by Crippen LogP contribution is 2.36. The van der Waals surface area contributed by atoms with E-state index in [-0.39, 0.29) is 11.7 Å². The van der Waals surface area contributed by atoms with Gasteiger partial charge in [-0.15, -0.1) is 0 Å². The molecule has 0 aliphatic rings. The summed E-state index contributed by atoms with van der Waals surface area (Å²) in [6.45, 7) is 2.84. The molecule has 0 spiro atoms. The lowest BCUT2D eigenvalue weighted by Crippen LogP contribution is -2.16. The molecule has 1 atom stereocenters. The number of para-hydroxylation sites is 1. The van der Waals surface area contributed by atoms with Gasteiger partial charge in [-0.05, 0) is 49.7 Å². The predicted octanol–water partition coefficient (Wildman–Crippen LogP) is 3.53. The second kappa shape index (κ2) is 8.55. The molecule has 0 bridgehead atoms. The summed E-state index contributed by atoms with van der Waals surface area (Å²) < 4.78 is 30.2. The van der Waals surface area contributed by atoms with Gasteiger partial charge in [-0.2, -0.15) is 0 Å². The summed E-state index contributed by atoms with van der Waals surface area (Å²) in [6.07, 6.45) is 0.598. The van der Waals surface area contributed by atoms with Crippen LogP contribution in [0.2, 0.25) is 0 Å². The van der Waals surface area contributed by atoms with Gasteiger partial charge in [-0.3, -0.25) is 0 Å². The third-order valence-corrected chi connectivity index (χ3v) is 3.95. The fraction of sp³-hybridized carbons (Fsp3) is 0.368. The molecule has 0 aliphatic carbocycles. The smallest absolute Gasteiger partial charge is 0.163 e. The number of benzene rings is 2. The number of ether oxygens (including phenoxy) is 3. The molecule has 130 valence electrons. The van der Waals surface area contributed by atoms with Crippen LogP contribution in [0.25, 0.3) is 0 Å². The van der Waals surface area contributed by atoms with E-state index in [1.807, 2.05) is 25.1 Å². The minimum absolute atomic E-state index is 0.0959. The highest BCUT2D eigenvalue weighted by molar-refractivity contribution is 5.48. The summed E-state index contributed by atoms with van der Waals surface area (Å²) in [4.78, 5) is 0. The van der Waals surface area contributed by atoms with E-state index in [1.54, 1.807) is 20.3 Å². The lowest BCUT2D eigenvalue weighted by Gasteiger charge is -2.20. The highest BCUT2D eigenvalue weighted by atomic mass is 19.1. The normalized spacial score (nSPS) is 11.9. The van der Waals surface area contributed by atoms with Crippen LogP contribution < -0.4 is 19.9 Å². The zero-order valence-electron chi connectivity index (χ0n) is 14.3. The van der Waals surface area contributed by atoms with E-state index in [1.165, 1.54) is 12.1 Å². The Bertz CT molecular complexity index is 676. The van der Waals surface area contributed by atoms with Crippen LogP contribution in [-0.4, -0.2) is 27.4 Å². The average molecular weight is 333 g/mol. The van der Waals surface area contributed by atoms with Crippen molar-refractivity contribution in [2.24, 2.45) is 5.73 Å². The lowest BCUT2D eigenvalue weighted by molar-refractivity contribution is 0.308. The summed E-state index contributed by atoms with van der Waals surface area (Å²) in [5.74, 6) is 1.61. The van der Waals surface area contributed by atoms with Gasteiger partial charge in [0.15, 0.2) is 11.5 Å². The molecule has 0 fully saturated rings. The molecule has 2 rings (SSSR count). The Morgan fingerprint density at radius 1 is 1.08 bits per heavy atom. The van der Waals surface area contributed by atoms with Crippen LogP contribution in [0.3, 0.4) is 0 Å². The van der Waals surface area contributed by atoms with E-state index in [0.29, 0.717) is 36.8 Å². The molecule has 0 saturated heterocycles. The molecular weight excluding hydrogens is 309 g/mol. The number of hydrogen-bond donors (Lipinski definition) is 1. The van der Waals surface area contributed by atoms with E-state index in [4.69, 9.17) is 19.9 Å². The zero-order chi connectivity index (χ0) is 17.5. The maximum atomic E-state index is 13.7. The predicted molar refractivity (Wildman–Crippen MR) is 92.6 cm³/mol. The zero-order valence-corrected chi connectivity index (χ0v) is 14.3. The van der Waals surface area contributed by atoms with Crippen molar-refractivity contribution >= 4 is 0 Å². The Labute approximate surface area is 142 Å². The van der Waals surface area contributed by atoms with Gasteiger partial charge in [0, 0.05) is 11.5 Å². The quantitative estimate of drug-likeness (QED) is 0.803. The first-order chi connectivity index (χ1) is 11.6. The minimum atomic E-state index is -0.306. The first-order valence-electron chi connectivity index (χ1n) is 7.96. The summed E-state index contributed by atoms with van der Waals surface area (Å²) >= 11 is 0. The average Bonchev–Trinajstić information content (AvgIpc) is 2.60. The molecule has 24 heavy (non-hydrogen) atoms. The van der Waals surface area contributed by atoms with Gasteiger partial charge in [-0.25, -0.2) is 4.39 Å².